The van der Waals surface area contributed by atoms with Crippen molar-refractivity contribution in [2.24, 2.45) is 5.92 Å². The van der Waals surface area contributed by atoms with E-state index in [-0.39, 0.29) is 5.56 Å². The molecule has 4 nitrogen and oxygen atoms in total. The Hall–Kier alpha value is -0.810. The lowest BCUT2D eigenvalue weighted by atomic mass is 10.0. The minimum Gasteiger partial charge on any atom is -0.316 e. The standard InChI is InChI=1S/C12H21N3OS/c1-5-8(2)10(13-4)7-17-12-14-9(3)6-11(16)15-12/h6,8,10,13H,5,7H2,1-4H3,(H,14,15,16). The molecule has 0 aliphatic rings. The Bertz CT molecular complexity index is 405. The van der Waals surface area contributed by atoms with Crippen LogP contribution in [0.3, 0.4) is 0 Å². The van der Waals surface area contributed by atoms with E-state index in [0.29, 0.717) is 17.1 Å². The van der Waals surface area contributed by atoms with Crippen LogP contribution in [0.4, 0.5) is 0 Å². The first-order valence-corrected chi connectivity index (χ1v) is 6.93. The molecule has 0 aromatic carbocycles. The second-order valence-electron chi connectivity index (χ2n) is 4.28. The molecule has 0 aliphatic heterocycles. The number of nitrogens with one attached hydrogen (secondary N) is 2. The average molecular weight is 255 g/mol. The van der Waals surface area contributed by atoms with E-state index in [0.717, 1.165) is 17.9 Å². The van der Waals surface area contributed by atoms with Gasteiger partial charge in [-0.25, -0.2) is 4.98 Å². The smallest absolute Gasteiger partial charge is 0.251 e. The van der Waals surface area contributed by atoms with E-state index >= 15 is 0 Å². The van der Waals surface area contributed by atoms with Gasteiger partial charge in [0.1, 0.15) is 0 Å². The van der Waals surface area contributed by atoms with E-state index in [4.69, 9.17) is 0 Å². The summed E-state index contributed by atoms with van der Waals surface area (Å²) in [6.45, 7) is 6.25. The van der Waals surface area contributed by atoms with Crippen molar-refractivity contribution in [3.63, 3.8) is 0 Å². The zero-order chi connectivity index (χ0) is 12.8. The number of H-pyrrole nitrogens is 1. The quantitative estimate of drug-likeness (QED) is 0.601. The van der Waals surface area contributed by atoms with Gasteiger partial charge in [-0.3, -0.25) is 4.79 Å². The van der Waals surface area contributed by atoms with Gasteiger partial charge >= 0.3 is 0 Å². The van der Waals surface area contributed by atoms with Gasteiger partial charge in [-0.05, 0) is 19.9 Å². The summed E-state index contributed by atoms with van der Waals surface area (Å²) >= 11 is 1.60. The van der Waals surface area contributed by atoms with Crippen molar-refractivity contribution in [2.75, 3.05) is 12.8 Å². The van der Waals surface area contributed by atoms with Crippen molar-refractivity contribution in [1.29, 1.82) is 0 Å². The predicted octanol–water partition coefficient (Wildman–Crippen LogP) is 1.80. The van der Waals surface area contributed by atoms with Crippen molar-refractivity contribution >= 4 is 11.8 Å². The molecule has 2 unspecified atom stereocenters. The summed E-state index contributed by atoms with van der Waals surface area (Å²) in [7, 11) is 1.98. The highest BCUT2D eigenvalue weighted by Gasteiger charge is 2.14. The van der Waals surface area contributed by atoms with Crippen LogP contribution in [0.15, 0.2) is 16.0 Å². The zero-order valence-corrected chi connectivity index (χ0v) is 11.7. The van der Waals surface area contributed by atoms with Crippen LogP contribution in [0.25, 0.3) is 0 Å². The molecule has 2 atom stereocenters. The summed E-state index contributed by atoms with van der Waals surface area (Å²) in [4.78, 5) is 18.3. The van der Waals surface area contributed by atoms with Gasteiger partial charge in [0.2, 0.25) is 0 Å². The fraction of sp³-hybridized carbons (Fsp3) is 0.667. The maximum Gasteiger partial charge on any atom is 0.251 e. The van der Waals surface area contributed by atoms with Crippen LogP contribution >= 0.6 is 11.8 Å². The molecule has 2 N–H and O–H groups in total. The average Bonchev–Trinajstić information content (AvgIpc) is 2.28. The van der Waals surface area contributed by atoms with E-state index in [2.05, 4.69) is 29.1 Å². The minimum atomic E-state index is -0.0791. The second-order valence-corrected chi connectivity index (χ2v) is 5.29. The zero-order valence-electron chi connectivity index (χ0n) is 10.9. The molecule has 17 heavy (non-hydrogen) atoms. The maximum absolute atomic E-state index is 11.3. The molecule has 0 saturated heterocycles. The van der Waals surface area contributed by atoms with Crippen molar-refractivity contribution in [1.82, 2.24) is 15.3 Å². The van der Waals surface area contributed by atoms with Gasteiger partial charge in [0.25, 0.3) is 5.56 Å². The van der Waals surface area contributed by atoms with E-state index in [9.17, 15) is 4.79 Å². The SMILES string of the molecule is CCC(C)C(CSc1nc(C)cc(=O)[nH]1)NC. The molecule has 0 spiro atoms. The second kappa shape index (κ2) is 6.81. The molecule has 0 radical (unpaired) electrons. The number of aromatic amines is 1. The highest BCUT2D eigenvalue weighted by atomic mass is 32.2. The largest absolute Gasteiger partial charge is 0.316 e. The van der Waals surface area contributed by atoms with Crippen molar-refractivity contribution in [2.45, 2.75) is 38.4 Å². The Kier molecular flexibility index (Phi) is 5.71. The molecule has 1 aromatic rings. The first-order chi connectivity index (χ1) is 8.06. The van der Waals surface area contributed by atoms with Crippen LogP contribution in [0.2, 0.25) is 0 Å². The summed E-state index contributed by atoms with van der Waals surface area (Å²) in [5, 5.41) is 4.02. The number of aromatic nitrogens is 2. The Morgan fingerprint density at radius 3 is 2.82 bits per heavy atom. The van der Waals surface area contributed by atoms with Crippen LogP contribution in [-0.2, 0) is 0 Å². The molecule has 0 aliphatic carbocycles. The summed E-state index contributed by atoms with van der Waals surface area (Å²) in [6, 6.07) is 1.95. The summed E-state index contributed by atoms with van der Waals surface area (Å²) in [5.74, 6) is 1.53. The predicted molar refractivity (Wildman–Crippen MR) is 72.6 cm³/mol. The van der Waals surface area contributed by atoms with Crippen LogP contribution in [0.1, 0.15) is 26.0 Å². The topological polar surface area (TPSA) is 57.8 Å². The Morgan fingerprint density at radius 1 is 1.59 bits per heavy atom. The normalized spacial score (nSPS) is 14.6. The monoisotopic (exact) mass is 255 g/mol. The molecule has 5 heteroatoms. The lowest BCUT2D eigenvalue weighted by molar-refractivity contribution is 0.420. The van der Waals surface area contributed by atoms with Gasteiger partial charge < -0.3 is 10.3 Å². The lowest BCUT2D eigenvalue weighted by Gasteiger charge is -2.21. The number of hydrogen-bond donors (Lipinski definition) is 2. The molecule has 0 bridgehead atoms. The summed E-state index contributed by atoms with van der Waals surface area (Å²) in [5.41, 5.74) is 0.686. The highest BCUT2D eigenvalue weighted by molar-refractivity contribution is 7.99. The van der Waals surface area contributed by atoms with Gasteiger partial charge in [0, 0.05) is 23.6 Å². The van der Waals surface area contributed by atoms with E-state index in [1.54, 1.807) is 11.8 Å². The summed E-state index contributed by atoms with van der Waals surface area (Å²) < 4.78 is 0. The van der Waals surface area contributed by atoms with Crippen LogP contribution in [0.5, 0.6) is 0 Å². The molecule has 1 aromatic heterocycles. The molecule has 0 saturated carbocycles. The van der Waals surface area contributed by atoms with E-state index in [1.165, 1.54) is 6.07 Å². The van der Waals surface area contributed by atoms with E-state index < -0.39 is 0 Å². The molecule has 0 fully saturated rings. The molecular weight excluding hydrogens is 234 g/mol. The first kappa shape index (κ1) is 14.3. The van der Waals surface area contributed by atoms with Crippen LogP contribution < -0.4 is 10.9 Å². The fourth-order valence-corrected chi connectivity index (χ4v) is 2.82. The maximum atomic E-state index is 11.3. The van der Waals surface area contributed by atoms with Crippen LogP contribution in [-0.4, -0.2) is 28.8 Å². The van der Waals surface area contributed by atoms with Crippen molar-refractivity contribution < 1.29 is 0 Å². The third-order valence-electron chi connectivity index (χ3n) is 2.95. The lowest BCUT2D eigenvalue weighted by Crippen LogP contribution is -2.34. The first-order valence-electron chi connectivity index (χ1n) is 5.94. The number of nitrogens with zero attached hydrogens (tertiary/aromatic N) is 1. The third-order valence-corrected chi connectivity index (χ3v) is 3.94. The number of aryl methyl sites for hydroxylation is 1. The van der Waals surface area contributed by atoms with Crippen molar-refractivity contribution in [3.05, 3.63) is 22.1 Å². The van der Waals surface area contributed by atoms with Gasteiger partial charge in [-0.2, -0.15) is 0 Å². The number of hydrogen-bond acceptors (Lipinski definition) is 4. The van der Waals surface area contributed by atoms with Gasteiger partial charge in [0.05, 0.1) is 0 Å². The number of thioether (sulfide) groups is 1. The third kappa shape index (κ3) is 4.52. The molecule has 1 rings (SSSR count). The van der Waals surface area contributed by atoms with Gasteiger partial charge in [-0.1, -0.05) is 32.0 Å². The van der Waals surface area contributed by atoms with Crippen LogP contribution in [0, 0.1) is 12.8 Å². The Labute approximate surface area is 107 Å². The summed E-state index contributed by atoms with van der Waals surface area (Å²) in [6.07, 6.45) is 1.14. The number of rotatable bonds is 6. The van der Waals surface area contributed by atoms with Gasteiger partial charge in [-0.15, -0.1) is 0 Å². The molecule has 1 heterocycles. The fourth-order valence-electron chi connectivity index (χ4n) is 1.61. The molecular formula is C12H21N3OS. The van der Waals surface area contributed by atoms with Crippen molar-refractivity contribution in [3.8, 4) is 0 Å². The molecule has 0 amide bonds. The van der Waals surface area contributed by atoms with Gasteiger partial charge in [0.15, 0.2) is 5.16 Å². The Morgan fingerprint density at radius 2 is 2.29 bits per heavy atom. The minimum absolute atomic E-state index is 0.0791. The van der Waals surface area contributed by atoms with E-state index in [1.807, 2.05) is 14.0 Å². The highest BCUT2D eigenvalue weighted by Crippen LogP contribution is 2.17. The molecule has 96 valence electrons. The Balaban J connectivity index is 2.62.